The Kier molecular flexibility index (Phi) is 2.85. The highest BCUT2D eigenvalue weighted by Crippen LogP contribution is 2.57. The van der Waals surface area contributed by atoms with Crippen molar-refractivity contribution in [2.24, 2.45) is 5.41 Å². The van der Waals surface area contributed by atoms with Crippen molar-refractivity contribution < 1.29 is 4.74 Å². The molecule has 0 amide bonds. The summed E-state index contributed by atoms with van der Waals surface area (Å²) in [5, 5.41) is 0. The largest absolute Gasteiger partial charge is 0.498 e. The lowest BCUT2D eigenvalue weighted by molar-refractivity contribution is -0.121. The molecule has 1 heteroatoms. The van der Waals surface area contributed by atoms with Gasteiger partial charge in [-0.25, -0.2) is 0 Å². The van der Waals surface area contributed by atoms with Crippen molar-refractivity contribution in [3.05, 3.63) is 11.8 Å². The summed E-state index contributed by atoms with van der Waals surface area (Å²) >= 11 is 0. The normalized spacial score (nSPS) is 27.7. The van der Waals surface area contributed by atoms with E-state index < -0.39 is 0 Å². The minimum Gasteiger partial charge on any atom is -0.498 e. The molecule has 0 heterocycles. The first-order valence-corrected chi connectivity index (χ1v) is 6.14. The summed E-state index contributed by atoms with van der Waals surface area (Å²) < 4.78 is 5.92. The molecule has 2 rings (SSSR count). The first kappa shape index (κ1) is 10.1. The predicted molar refractivity (Wildman–Crippen MR) is 59.1 cm³/mol. The van der Waals surface area contributed by atoms with E-state index >= 15 is 0 Å². The Morgan fingerprint density at radius 1 is 1.29 bits per heavy atom. The molecule has 0 aromatic rings. The van der Waals surface area contributed by atoms with E-state index in [9.17, 15) is 0 Å². The Morgan fingerprint density at radius 2 is 2.00 bits per heavy atom. The van der Waals surface area contributed by atoms with Crippen molar-refractivity contribution in [2.75, 3.05) is 0 Å². The van der Waals surface area contributed by atoms with E-state index in [1.54, 1.807) is 0 Å². The molecule has 1 unspecified atom stereocenters. The maximum absolute atomic E-state index is 5.92. The molecule has 1 nitrogen and oxygen atoms in total. The third-order valence-corrected chi connectivity index (χ3v) is 4.24. The minimum absolute atomic E-state index is 0.560. The van der Waals surface area contributed by atoms with Crippen molar-refractivity contribution >= 4 is 0 Å². The molecule has 80 valence electrons. The van der Waals surface area contributed by atoms with Gasteiger partial charge in [-0.2, -0.15) is 0 Å². The zero-order valence-electron chi connectivity index (χ0n) is 9.51. The van der Waals surface area contributed by atoms with Crippen LogP contribution in [0.3, 0.4) is 0 Å². The van der Waals surface area contributed by atoms with Gasteiger partial charge in [-0.15, -0.1) is 0 Å². The van der Waals surface area contributed by atoms with Gasteiger partial charge in [0.05, 0.1) is 6.26 Å². The summed E-state index contributed by atoms with van der Waals surface area (Å²) in [6.45, 7) is 4.41. The van der Waals surface area contributed by atoms with Gasteiger partial charge in [0, 0.05) is 5.41 Å². The van der Waals surface area contributed by atoms with Gasteiger partial charge in [0.15, 0.2) is 0 Å². The van der Waals surface area contributed by atoms with Gasteiger partial charge in [-0.1, -0.05) is 20.3 Å². The van der Waals surface area contributed by atoms with Gasteiger partial charge in [0.1, 0.15) is 6.10 Å². The number of allylic oxidation sites excluding steroid dienone is 1. The Labute approximate surface area is 87.5 Å². The van der Waals surface area contributed by atoms with Crippen LogP contribution in [0.5, 0.6) is 0 Å². The third kappa shape index (κ3) is 1.57. The SMILES string of the molecule is CCC(=COC1CCC12CCC2)CC. The van der Waals surface area contributed by atoms with Gasteiger partial charge in [0.25, 0.3) is 0 Å². The zero-order chi connectivity index (χ0) is 10.0. The van der Waals surface area contributed by atoms with Crippen LogP contribution < -0.4 is 0 Å². The Morgan fingerprint density at radius 3 is 2.36 bits per heavy atom. The zero-order valence-corrected chi connectivity index (χ0v) is 9.51. The molecule has 2 fully saturated rings. The Hall–Kier alpha value is -0.460. The lowest BCUT2D eigenvalue weighted by atomic mass is 9.54. The van der Waals surface area contributed by atoms with E-state index in [2.05, 4.69) is 13.8 Å². The summed E-state index contributed by atoms with van der Waals surface area (Å²) in [4.78, 5) is 0. The van der Waals surface area contributed by atoms with Gasteiger partial charge < -0.3 is 4.74 Å². The maximum atomic E-state index is 5.92. The molecule has 0 aromatic carbocycles. The lowest BCUT2D eigenvalue weighted by Gasteiger charge is -2.54. The molecule has 0 N–H and O–H groups in total. The van der Waals surface area contributed by atoms with Crippen LogP contribution in [-0.2, 0) is 4.74 Å². The van der Waals surface area contributed by atoms with E-state index in [-0.39, 0.29) is 0 Å². The average Bonchev–Trinajstić information content (AvgIpc) is 2.08. The summed E-state index contributed by atoms with van der Waals surface area (Å²) in [5.74, 6) is 0. The maximum Gasteiger partial charge on any atom is 0.103 e. The molecule has 2 saturated carbocycles. The highest BCUT2D eigenvalue weighted by atomic mass is 16.5. The molecule has 0 aromatic heterocycles. The van der Waals surface area contributed by atoms with Gasteiger partial charge in [-0.05, 0) is 44.1 Å². The van der Waals surface area contributed by atoms with Gasteiger partial charge in [-0.3, -0.25) is 0 Å². The van der Waals surface area contributed by atoms with E-state index in [0.717, 1.165) is 12.8 Å². The van der Waals surface area contributed by atoms with E-state index in [1.807, 2.05) is 6.26 Å². The quantitative estimate of drug-likeness (QED) is 0.614. The predicted octanol–water partition coefficient (Wildman–Crippen LogP) is 4.04. The summed E-state index contributed by atoms with van der Waals surface area (Å²) in [7, 11) is 0. The Balaban J connectivity index is 1.83. The molecule has 1 spiro atoms. The fourth-order valence-corrected chi connectivity index (χ4v) is 2.68. The van der Waals surface area contributed by atoms with E-state index in [0.29, 0.717) is 11.5 Å². The fourth-order valence-electron chi connectivity index (χ4n) is 2.68. The minimum atomic E-state index is 0.560. The van der Waals surface area contributed by atoms with Gasteiger partial charge in [0.2, 0.25) is 0 Å². The molecule has 0 bridgehead atoms. The van der Waals surface area contributed by atoms with Crippen molar-refractivity contribution in [1.29, 1.82) is 0 Å². The summed E-state index contributed by atoms with van der Waals surface area (Å²) in [6, 6.07) is 0. The average molecular weight is 194 g/mol. The monoisotopic (exact) mass is 194 g/mol. The second kappa shape index (κ2) is 3.96. The van der Waals surface area contributed by atoms with Crippen LogP contribution in [0.2, 0.25) is 0 Å². The van der Waals surface area contributed by atoms with Crippen molar-refractivity contribution in [3.63, 3.8) is 0 Å². The highest BCUT2D eigenvalue weighted by molar-refractivity contribution is 5.04. The van der Waals surface area contributed by atoms with Crippen molar-refractivity contribution in [3.8, 4) is 0 Å². The topological polar surface area (TPSA) is 9.23 Å². The van der Waals surface area contributed by atoms with Crippen LogP contribution in [0.1, 0.15) is 58.8 Å². The standard InChI is InChI=1S/C13H22O/c1-3-11(4-2)10-14-12-6-9-13(12)7-5-8-13/h10,12H,3-9H2,1-2H3. The van der Waals surface area contributed by atoms with Crippen LogP contribution in [0.15, 0.2) is 11.8 Å². The molecule has 0 radical (unpaired) electrons. The van der Waals surface area contributed by atoms with Crippen molar-refractivity contribution in [1.82, 2.24) is 0 Å². The van der Waals surface area contributed by atoms with Crippen LogP contribution in [-0.4, -0.2) is 6.10 Å². The molecule has 1 atom stereocenters. The van der Waals surface area contributed by atoms with Crippen LogP contribution in [0.4, 0.5) is 0 Å². The van der Waals surface area contributed by atoms with E-state index in [4.69, 9.17) is 4.74 Å². The lowest BCUT2D eigenvalue weighted by Crippen LogP contribution is -2.50. The first-order valence-electron chi connectivity index (χ1n) is 6.14. The Bertz CT molecular complexity index is 214. The molecule has 0 saturated heterocycles. The summed E-state index contributed by atoms with van der Waals surface area (Å²) in [5.41, 5.74) is 2.08. The molecular weight excluding hydrogens is 172 g/mol. The van der Waals surface area contributed by atoms with Crippen LogP contribution in [0, 0.1) is 5.41 Å². The second-order valence-corrected chi connectivity index (χ2v) is 4.86. The molecule has 0 aliphatic heterocycles. The van der Waals surface area contributed by atoms with Gasteiger partial charge >= 0.3 is 0 Å². The highest BCUT2D eigenvalue weighted by Gasteiger charge is 2.51. The van der Waals surface area contributed by atoms with E-state index in [1.165, 1.54) is 37.7 Å². The summed E-state index contributed by atoms with van der Waals surface area (Å²) in [6.07, 6.45) is 11.8. The fraction of sp³-hybridized carbons (Fsp3) is 0.846. The first-order chi connectivity index (χ1) is 6.80. The molecular formula is C13H22O. The second-order valence-electron chi connectivity index (χ2n) is 4.86. The third-order valence-electron chi connectivity index (χ3n) is 4.24. The number of hydrogen-bond acceptors (Lipinski definition) is 1. The van der Waals surface area contributed by atoms with Crippen LogP contribution >= 0.6 is 0 Å². The van der Waals surface area contributed by atoms with Crippen molar-refractivity contribution in [2.45, 2.75) is 64.9 Å². The number of ether oxygens (including phenoxy) is 1. The molecule has 14 heavy (non-hydrogen) atoms. The molecule has 2 aliphatic carbocycles. The number of rotatable bonds is 4. The van der Waals surface area contributed by atoms with Crippen LogP contribution in [0.25, 0.3) is 0 Å². The smallest absolute Gasteiger partial charge is 0.103 e. The number of hydrogen-bond donors (Lipinski definition) is 0. The molecule has 2 aliphatic rings.